The molecule has 5 heteroatoms. The molecule has 0 bridgehead atoms. The van der Waals surface area contributed by atoms with Crippen molar-refractivity contribution in [2.75, 3.05) is 11.9 Å². The second kappa shape index (κ2) is 5.85. The molecule has 0 saturated carbocycles. The number of amides is 1. The van der Waals surface area contributed by atoms with Crippen LogP contribution in [0.4, 0.5) is 5.69 Å². The van der Waals surface area contributed by atoms with Crippen molar-refractivity contribution >= 4 is 39.1 Å². The number of benzene rings is 1. The normalized spacial score (nSPS) is 20.0. The Morgan fingerprint density at radius 2 is 2.29 bits per heavy atom. The van der Waals surface area contributed by atoms with Crippen LogP contribution in [0.2, 0.25) is 5.02 Å². The van der Waals surface area contributed by atoms with Crippen molar-refractivity contribution in [2.45, 2.75) is 25.3 Å². The van der Waals surface area contributed by atoms with Gasteiger partial charge in [0.2, 0.25) is 5.91 Å². The van der Waals surface area contributed by atoms with Crippen molar-refractivity contribution in [3.63, 3.8) is 0 Å². The highest BCUT2D eigenvalue weighted by molar-refractivity contribution is 9.10. The molecular weight excluding hydrogens is 304 g/mol. The molecule has 1 fully saturated rings. The van der Waals surface area contributed by atoms with E-state index < -0.39 is 0 Å². The molecule has 1 atom stereocenters. The number of hydrogen-bond acceptors (Lipinski definition) is 2. The molecule has 17 heavy (non-hydrogen) atoms. The first-order valence-corrected chi connectivity index (χ1v) is 6.83. The monoisotopic (exact) mass is 316 g/mol. The molecule has 0 aliphatic carbocycles. The zero-order valence-electron chi connectivity index (χ0n) is 9.30. The first-order chi connectivity index (χ1) is 8.16. The van der Waals surface area contributed by atoms with Crippen LogP contribution in [0.15, 0.2) is 22.7 Å². The number of piperidine rings is 1. The molecule has 0 unspecified atom stereocenters. The topological polar surface area (TPSA) is 41.1 Å². The average Bonchev–Trinajstić information content (AvgIpc) is 2.35. The number of halogens is 2. The average molecular weight is 318 g/mol. The molecule has 1 aliphatic rings. The third-order valence-electron chi connectivity index (χ3n) is 2.81. The van der Waals surface area contributed by atoms with Gasteiger partial charge in [-0.3, -0.25) is 4.79 Å². The molecule has 1 aromatic rings. The number of anilines is 1. The molecule has 3 nitrogen and oxygen atoms in total. The maximum atomic E-state index is 12.0. The quantitative estimate of drug-likeness (QED) is 0.879. The van der Waals surface area contributed by atoms with Crippen molar-refractivity contribution in [3.05, 3.63) is 27.7 Å². The predicted molar refractivity (Wildman–Crippen MR) is 73.4 cm³/mol. The van der Waals surface area contributed by atoms with Crippen molar-refractivity contribution < 1.29 is 4.79 Å². The fraction of sp³-hybridized carbons (Fsp3) is 0.417. The number of carbonyl (C=O) groups excluding carboxylic acids is 1. The lowest BCUT2D eigenvalue weighted by Crippen LogP contribution is -2.43. The van der Waals surface area contributed by atoms with Crippen LogP contribution in [0, 0.1) is 0 Å². The van der Waals surface area contributed by atoms with E-state index in [1.54, 1.807) is 6.07 Å². The summed E-state index contributed by atoms with van der Waals surface area (Å²) in [5.41, 5.74) is 0.651. The van der Waals surface area contributed by atoms with E-state index in [1.165, 1.54) is 0 Å². The summed E-state index contributed by atoms with van der Waals surface area (Å²) in [5.74, 6) is -0.00954. The Balaban J connectivity index is 2.04. The van der Waals surface area contributed by atoms with Gasteiger partial charge in [-0.2, -0.15) is 0 Å². The largest absolute Gasteiger partial charge is 0.323 e. The highest BCUT2D eigenvalue weighted by Crippen LogP contribution is 2.26. The van der Waals surface area contributed by atoms with Crippen molar-refractivity contribution in [2.24, 2.45) is 0 Å². The molecule has 92 valence electrons. The lowest BCUT2D eigenvalue weighted by molar-refractivity contribution is -0.118. The van der Waals surface area contributed by atoms with Gasteiger partial charge in [0, 0.05) is 4.47 Å². The SMILES string of the molecule is O=C(Nc1cc(Br)ccc1Cl)[C@@H]1CCCCN1. The van der Waals surface area contributed by atoms with Crippen LogP contribution < -0.4 is 10.6 Å². The van der Waals surface area contributed by atoms with Crippen molar-refractivity contribution in [1.29, 1.82) is 0 Å². The van der Waals surface area contributed by atoms with Gasteiger partial charge in [-0.15, -0.1) is 0 Å². The van der Waals surface area contributed by atoms with Gasteiger partial charge in [0.05, 0.1) is 16.8 Å². The third kappa shape index (κ3) is 3.44. The van der Waals surface area contributed by atoms with E-state index in [-0.39, 0.29) is 11.9 Å². The fourth-order valence-corrected chi connectivity index (χ4v) is 2.41. The molecule has 0 radical (unpaired) electrons. The second-order valence-electron chi connectivity index (χ2n) is 4.12. The van der Waals surface area contributed by atoms with Gasteiger partial charge in [-0.1, -0.05) is 34.0 Å². The lowest BCUT2D eigenvalue weighted by Gasteiger charge is -2.22. The van der Waals surface area contributed by atoms with E-state index >= 15 is 0 Å². The standard InChI is InChI=1S/C12H14BrClN2O/c13-8-4-5-9(14)11(7-8)16-12(17)10-3-1-2-6-15-10/h4-5,7,10,15H,1-3,6H2,(H,16,17)/t10-/m0/s1. The minimum atomic E-state index is -0.0983. The van der Waals surface area contributed by atoms with Crippen LogP contribution >= 0.6 is 27.5 Å². The highest BCUT2D eigenvalue weighted by atomic mass is 79.9. The first kappa shape index (κ1) is 12.9. The Kier molecular flexibility index (Phi) is 4.42. The zero-order chi connectivity index (χ0) is 12.3. The Morgan fingerprint density at radius 3 is 3.00 bits per heavy atom. The smallest absolute Gasteiger partial charge is 0.241 e. The molecule has 1 saturated heterocycles. The summed E-state index contributed by atoms with van der Waals surface area (Å²) in [4.78, 5) is 12.0. The molecule has 0 aromatic heterocycles. The van der Waals surface area contributed by atoms with Gasteiger partial charge in [0.15, 0.2) is 0 Å². The summed E-state index contributed by atoms with van der Waals surface area (Å²) < 4.78 is 0.897. The van der Waals surface area contributed by atoms with E-state index in [9.17, 15) is 4.79 Å². The maximum absolute atomic E-state index is 12.0. The van der Waals surface area contributed by atoms with Gasteiger partial charge < -0.3 is 10.6 Å². The number of hydrogen-bond donors (Lipinski definition) is 2. The second-order valence-corrected chi connectivity index (χ2v) is 5.44. The van der Waals surface area contributed by atoms with E-state index in [0.29, 0.717) is 10.7 Å². The van der Waals surface area contributed by atoms with Gasteiger partial charge in [-0.25, -0.2) is 0 Å². The summed E-state index contributed by atoms with van der Waals surface area (Å²) in [6.45, 7) is 0.907. The van der Waals surface area contributed by atoms with Crippen LogP contribution in [-0.2, 0) is 4.79 Å². The molecule has 1 amide bonds. The van der Waals surface area contributed by atoms with Crippen molar-refractivity contribution in [1.82, 2.24) is 5.32 Å². The highest BCUT2D eigenvalue weighted by Gasteiger charge is 2.20. The summed E-state index contributed by atoms with van der Waals surface area (Å²) in [7, 11) is 0. The van der Waals surface area contributed by atoms with Gasteiger partial charge in [0.1, 0.15) is 0 Å². The predicted octanol–water partition coefficient (Wildman–Crippen LogP) is 3.18. The Hall–Kier alpha value is -0.580. The zero-order valence-corrected chi connectivity index (χ0v) is 11.6. The Labute approximate surface area is 114 Å². The minimum Gasteiger partial charge on any atom is -0.323 e. The van der Waals surface area contributed by atoms with E-state index in [0.717, 1.165) is 30.3 Å². The van der Waals surface area contributed by atoms with Crippen molar-refractivity contribution in [3.8, 4) is 0 Å². The lowest BCUT2D eigenvalue weighted by atomic mass is 10.0. The number of nitrogens with one attached hydrogen (secondary N) is 2. The first-order valence-electron chi connectivity index (χ1n) is 5.66. The Bertz CT molecular complexity index is 419. The van der Waals surface area contributed by atoms with Gasteiger partial charge in [-0.05, 0) is 37.6 Å². The summed E-state index contributed by atoms with van der Waals surface area (Å²) in [5, 5.41) is 6.62. The fourth-order valence-electron chi connectivity index (χ4n) is 1.89. The van der Waals surface area contributed by atoms with E-state index in [1.807, 2.05) is 12.1 Å². The van der Waals surface area contributed by atoms with Gasteiger partial charge >= 0.3 is 0 Å². The van der Waals surface area contributed by atoms with Crippen LogP contribution in [0.1, 0.15) is 19.3 Å². The summed E-state index contributed by atoms with van der Waals surface area (Å²) in [6, 6.07) is 5.31. The van der Waals surface area contributed by atoms with E-state index in [4.69, 9.17) is 11.6 Å². The maximum Gasteiger partial charge on any atom is 0.241 e. The van der Waals surface area contributed by atoms with Gasteiger partial charge in [0.25, 0.3) is 0 Å². The number of rotatable bonds is 2. The van der Waals surface area contributed by atoms with E-state index in [2.05, 4.69) is 26.6 Å². The molecular formula is C12H14BrClN2O. The third-order valence-corrected chi connectivity index (χ3v) is 3.64. The molecule has 1 aromatic carbocycles. The summed E-state index contributed by atoms with van der Waals surface area (Å²) in [6.07, 6.45) is 3.12. The van der Waals surface area contributed by atoms with Crippen LogP contribution in [0.3, 0.4) is 0 Å². The van der Waals surface area contributed by atoms with Crippen LogP contribution in [-0.4, -0.2) is 18.5 Å². The summed E-state index contributed by atoms with van der Waals surface area (Å²) >= 11 is 9.38. The molecule has 1 aliphatic heterocycles. The molecule has 2 N–H and O–H groups in total. The van der Waals surface area contributed by atoms with Crippen LogP contribution in [0.5, 0.6) is 0 Å². The Morgan fingerprint density at radius 1 is 1.47 bits per heavy atom. The number of carbonyl (C=O) groups is 1. The molecule has 0 spiro atoms. The molecule has 1 heterocycles. The molecule has 2 rings (SSSR count). The minimum absolute atomic E-state index is 0.00954. The van der Waals surface area contributed by atoms with Crippen LogP contribution in [0.25, 0.3) is 0 Å².